The first-order chi connectivity index (χ1) is 10.3. The van der Waals surface area contributed by atoms with Gasteiger partial charge in [-0.1, -0.05) is 44.7 Å². The molecular weight excluding hydrogens is 260 g/mol. The highest BCUT2D eigenvalue weighted by atomic mass is 16.5. The Labute approximate surface area is 129 Å². The van der Waals surface area contributed by atoms with Crippen molar-refractivity contribution in [3.05, 3.63) is 29.8 Å². The van der Waals surface area contributed by atoms with Crippen molar-refractivity contribution in [3.8, 4) is 5.75 Å². The van der Waals surface area contributed by atoms with Crippen LogP contribution in [0.25, 0.3) is 0 Å². The molecule has 0 radical (unpaired) electrons. The minimum atomic E-state index is 0.0732. The maximum Gasteiger partial charge on any atom is 0.119 e. The first kappa shape index (κ1) is 16.4. The van der Waals surface area contributed by atoms with E-state index in [2.05, 4.69) is 19.1 Å². The van der Waals surface area contributed by atoms with Gasteiger partial charge < -0.3 is 9.84 Å². The first-order valence-electron chi connectivity index (χ1n) is 8.67. The third-order valence-electron chi connectivity index (χ3n) is 4.77. The summed E-state index contributed by atoms with van der Waals surface area (Å²) in [4.78, 5) is 0. The summed E-state index contributed by atoms with van der Waals surface area (Å²) in [7, 11) is 0. The number of hydrogen-bond donors (Lipinski definition) is 1. The molecule has 0 unspecified atom stereocenters. The molecule has 1 saturated carbocycles. The second kappa shape index (κ2) is 9.09. The molecule has 0 spiro atoms. The van der Waals surface area contributed by atoms with Crippen LogP contribution in [0, 0.1) is 5.92 Å². The van der Waals surface area contributed by atoms with Crippen LogP contribution in [0.4, 0.5) is 0 Å². The van der Waals surface area contributed by atoms with Crippen LogP contribution in [0.1, 0.15) is 69.8 Å². The van der Waals surface area contributed by atoms with Crippen LogP contribution in [0.15, 0.2) is 24.3 Å². The number of rotatable bonds is 8. The van der Waals surface area contributed by atoms with Gasteiger partial charge in [0.2, 0.25) is 0 Å². The van der Waals surface area contributed by atoms with Crippen LogP contribution >= 0.6 is 0 Å². The average molecular weight is 290 g/mol. The van der Waals surface area contributed by atoms with Crippen molar-refractivity contribution < 1.29 is 9.84 Å². The number of aliphatic hydroxyl groups is 1. The normalized spacial score (nSPS) is 22.2. The topological polar surface area (TPSA) is 29.5 Å². The molecule has 1 aromatic carbocycles. The van der Waals surface area contributed by atoms with Crippen molar-refractivity contribution in [2.24, 2.45) is 5.92 Å². The SMILES string of the molecule is CCCCCC1CCC(c2ccc(OCCO)cc2)CC1. The molecule has 1 fully saturated rings. The molecule has 0 heterocycles. The van der Waals surface area contributed by atoms with Crippen molar-refractivity contribution >= 4 is 0 Å². The summed E-state index contributed by atoms with van der Waals surface area (Å²) in [5.41, 5.74) is 1.46. The molecule has 1 aliphatic rings. The van der Waals surface area contributed by atoms with Gasteiger partial charge in [0, 0.05) is 0 Å². The lowest BCUT2D eigenvalue weighted by molar-refractivity contribution is 0.201. The van der Waals surface area contributed by atoms with Gasteiger partial charge in [-0.15, -0.1) is 0 Å². The van der Waals surface area contributed by atoms with Crippen LogP contribution in [0.2, 0.25) is 0 Å². The van der Waals surface area contributed by atoms with E-state index >= 15 is 0 Å². The Bertz CT molecular complexity index is 377. The summed E-state index contributed by atoms with van der Waals surface area (Å²) >= 11 is 0. The summed E-state index contributed by atoms with van der Waals surface area (Å²) in [6, 6.07) is 8.49. The first-order valence-corrected chi connectivity index (χ1v) is 8.67. The molecule has 0 aromatic heterocycles. The van der Waals surface area contributed by atoms with E-state index in [-0.39, 0.29) is 6.61 Å². The van der Waals surface area contributed by atoms with Crippen molar-refractivity contribution in [1.29, 1.82) is 0 Å². The molecule has 0 aliphatic heterocycles. The predicted molar refractivity (Wildman–Crippen MR) is 87.9 cm³/mol. The average Bonchev–Trinajstić information content (AvgIpc) is 2.54. The highest BCUT2D eigenvalue weighted by Gasteiger charge is 2.21. The summed E-state index contributed by atoms with van der Waals surface area (Å²) in [5, 5.41) is 8.76. The van der Waals surface area contributed by atoms with Crippen LogP contribution in [0.5, 0.6) is 5.75 Å². The van der Waals surface area contributed by atoms with Gasteiger partial charge in [-0.25, -0.2) is 0 Å². The Morgan fingerprint density at radius 2 is 1.76 bits per heavy atom. The van der Waals surface area contributed by atoms with Crippen molar-refractivity contribution in [2.75, 3.05) is 13.2 Å². The van der Waals surface area contributed by atoms with Crippen molar-refractivity contribution in [1.82, 2.24) is 0 Å². The maximum absolute atomic E-state index is 8.76. The molecule has 118 valence electrons. The van der Waals surface area contributed by atoms with E-state index in [0.29, 0.717) is 6.61 Å². The third kappa shape index (κ3) is 5.35. The number of aliphatic hydroxyl groups excluding tert-OH is 1. The molecule has 0 saturated heterocycles. The molecule has 2 rings (SSSR count). The quantitative estimate of drug-likeness (QED) is 0.689. The van der Waals surface area contributed by atoms with Gasteiger partial charge in [-0.2, -0.15) is 0 Å². The molecule has 2 heteroatoms. The largest absolute Gasteiger partial charge is 0.491 e. The van der Waals surface area contributed by atoms with Gasteiger partial charge in [-0.05, 0) is 55.2 Å². The second-order valence-corrected chi connectivity index (χ2v) is 6.35. The molecule has 2 nitrogen and oxygen atoms in total. The molecule has 0 atom stereocenters. The molecule has 21 heavy (non-hydrogen) atoms. The molecule has 0 amide bonds. The van der Waals surface area contributed by atoms with Crippen LogP contribution in [0.3, 0.4) is 0 Å². The minimum Gasteiger partial charge on any atom is -0.491 e. The number of ether oxygens (including phenoxy) is 1. The lowest BCUT2D eigenvalue weighted by atomic mass is 9.77. The highest BCUT2D eigenvalue weighted by molar-refractivity contribution is 5.29. The zero-order valence-corrected chi connectivity index (χ0v) is 13.4. The Morgan fingerprint density at radius 3 is 2.38 bits per heavy atom. The molecule has 1 aromatic rings. The summed E-state index contributed by atoms with van der Waals surface area (Å²) < 4.78 is 5.42. The molecule has 1 aliphatic carbocycles. The third-order valence-corrected chi connectivity index (χ3v) is 4.77. The van der Waals surface area contributed by atoms with E-state index in [1.54, 1.807) is 0 Å². The highest BCUT2D eigenvalue weighted by Crippen LogP contribution is 2.38. The van der Waals surface area contributed by atoms with E-state index in [4.69, 9.17) is 9.84 Å². The summed E-state index contributed by atoms with van der Waals surface area (Å²) in [6.07, 6.45) is 11.1. The monoisotopic (exact) mass is 290 g/mol. The van der Waals surface area contributed by atoms with E-state index in [1.165, 1.54) is 56.9 Å². The smallest absolute Gasteiger partial charge is 0.119 e. The number of unbranched alkanes of at least 4 members (excludes halogenated alkanes) is 2. The van der Waals surface area contributed by atoms with Gasteiger partial charge in [0.15, 0.2) is 0 Å². The fraction of sp³-hybridized carbons (Fsp3) is 0.684. The van der Waals surface area contributed by atoms with Gasteiger partial charge >= 0.3 is 0 Å². The van der Waals surface area contributed by atoms with Gasteiger partial charge in [0.1, 0.15) is 12.4 Å². The Hall–Kier alpha value is -1.02. The van der Waals surface area contributed by atoms with E-state index in [1.807, 2.05) is 12.1 Å². The standard InChI is InChI=1S/C19H30O2/c1-2-3-4-5-16-6-8-17(9-7-16)18-10-12-19(13-11-18)21-15-14-20/h10-13,16-17,20H,2-9,14-15H2,1H3. The van der Waals surface area contributed by atoms with E-state index < -0.39 is 0 Å². The minimum absolute atomic E-state index is 0.0732. The Morgan fingerprint density at radius 1 is 1.05 bits per heavy atom. The van der Waals surface area contributed by atoms with Crippen molar-refractivity contribution in [3.63, 3.8) is 0 Å². The molecular formula is C19H30O2. The van der Waals surface area contributed by atoms with Crippen LogP contribution in [-0.2, 0) is 0 Å². The van der Waals surface area contributed by atoms with Crippen molar-refractivity contribution in [2.45, 2.75) is 64.2 Å². The fourth-order valence-electron chi connectivity index (χ4n) is 3.47. The zero-order chi connectivity index (χ0) is 14.9. The fourth-order valence-corrected chi connectivity index (χ4v) is 3.47. The molecule has 1 N–H and O–H groups in total. The Kier molecular flexibility index (Phi) is 7.08. The van der Waals surface area contributed by atoms with E-state index in [0.717, 1.165) is 17.6 Å². The van der Waals surface area contributed by atoms with Gasteiger partial charge in [-0.3, -0.25) is 0 Å². The number of hydrogen-bond acceptors (Lipinski definition) is 2. The zero-order valence-electron chi connectivity index (χ0n) is 13.4. The van der Waals surface area contributed by atoms with E-state index in [9.17, 15) is 0 Å². The predicted octanol–water partition coefficient (Wildman–Crippen LogP) is 4.91. The van der Waals surface area contributed by atoms with Gasteiger partial charge in [0.05, 0.1) is 6.61 Å². The lowest BCUT2D eigenvalue weighted by Crippen LogP contribution is -2.13. The number of benzene rings is 1. The van der Waals surface area contributed by atoms with Crippen LogP contribution < -0.4 is 4.74 Å². The maximum atomic E-state index is 8.76. The summed E-state index contributed by atoms with van der Waals surface area (Å²) in [5.74, 6) is 2.57. The Balaban J connectivity index is 1.76. The van der Waals surface area contributed by atoms with Crippen LogP contribution in [-0.4, -0.2) is 18.3 Å². The lowest BCUT2D eigenvalue weighted by Gasteiger charge is -2.29. The van der Waals surface area contributed by atoms with Gasteiger partial charge in [0.25, 0.3) is 0 Å². The molecule has 0 bridgehead atoms. The second-order valence-electron chi connectivity index (χ2n) is 6.35. The summed E-state index contributed by atoms with van der Waals surface area (Å²) in [6.45, 7) is 2.73.